The number of halogens is 2. The first-order valence-electron chi connectivity index (χ1n) is 9.67. The Morgan fingerprint density at radius 1 is 1.21 bits per heavy atom. The first-order valence-corrected chi connectivity index (χ1v) is 9.67. The smallest absolute Gasteiger partial charge is 0.257 e. The van der Waals surface area contributed by atoms with Gasteiger partial charge in [0.2, 0.25) is 5.91 Å². The first-order chi connectivity index (χ1) is 13.9. The number of benzene rings is 1. The maximum absolute atomic E-state index is 13.2. The van der Waals surface area contributed by atoms with Crippen LogP contribution < -0.4 is 5.32 Å². The van der Waals surface area contributed by atoms with Crippen LogP contribution in [0.4, 0.5) is 14.6 Å². The molecule has 1 saturated heterocycles. The number of pyridine rings is 1. The summed E-state index contributed by atoms with van der Waals surface area (Å²) in [6.45, 7) is 1.67. The largest absolute Gasteiger partial charge is 0.310 e. The van der Waals surface area contributed by atoms with Crippen LogP contribution in [0.5, 0.6) is 0 Å². The van der Waals surface area contributed by atoms with Gasteiger partial charge < -0.3 is 5.32 Å². The van der Waals surface area contributed by atoms with E-state index in [1.807, 2.05) is 30.5 Å². The van der Waals surface area contributed by atoms with Crippen molar-refractivity contribution < 1.29 is 13.6 Å². The Morgan fingerprint density at radius 2 is 2.00 bits per heavy atom. The van der Waals surface area contributed by atoms with Crippen molar-refractivity contribution >= 4 is 22.5 Å². The number of nitrogens with one attached hydrogen (secondary N) is 2. The number of carbonyl (C=O) groups excluding carboxylic acids is 1. The molecule has 1 aliphatic heterocycles. The second-order valence-electron chi connectivity index (χ2n) is 7.73. The summed E-state index contributed by atoms with van der Waals surface area (Å²) in [5.74, 6) is -2.51. The van der Waals surface area contributed by atoms with Gasteiger partial charge in [0, 0.05) is 36.2 Å². The predicted molar refractivity (Wildman–Crippen MR) is 108 cm³/mol. The van der Waals surface area contributed by atoms with Crippen LogP contribution in [0.2, 0.25) is 0 Å². The quantitative estimate of drug-likeness (QED) is 0.682. The van der Waals surface area contributed by atoms with Crippen LogP contribution in [-0.2, 0) is 4.79 Å². The number of rotatable bonds is 5. The zero-order chi connectivity index (χ0) is 20.4. The molecule has 152 valence electrons. The molecule has 0 spiro atoms. The number of anilines is 1. The third-order valence-electron chi connectivity index (χ3n) is 5.26. The minimum Gasteiger partial charge on any atom is -0.310 e. The fourth-order valence-corrected chi connectivity index (χ4v) is 3.77. The first kappa shape index (κ1) is 19.4. The molecule has 0 unspecified atom stereocenters. The molecule has 0 saturated carbocycles. The molecular formula is C21H23F2N5O. The highest BCUT2D eigenvalue weighted by atomic mass is 19.3. The van der Waals surface area contributed by atoms with E-state index in [0.29, 0.717) is 31.7 Å². The zero-order valence-electron chi connectivity index (χ0n) is 16.2. The Labute approximate surface area is 167 Å². The number of piperidine rings is 1. The molecule has 1 amide bonds. The van der Waals surface area contributed by atoms with Gasteiger partial charge in [-0.15, -0.1) is 0 Å². The predicted octanol–water partition coefficient (Wildman–Crippen LogP) is 3.93. The highest BCUT2D eigenvalue weighted by molar-refractivity contribution is 5.95. The Bertz CT molecular complexity index is 992. The minimum absolute atomic E-state index is 0.106. The second-order valence-corrected chi connectivity index (χ2v) is 7.73. The van der Waals surface area contributed by atoms with E-state index < -0.39 is 5.92 Å². The summed E-state index contributed by atoms with van der Waals surface area (Å²) < 4.78 is 26.3. The molecule has 3 heterocycles. The van der Waals surface area contributed by atoms with E-state index in [1.54, 1.807) is 17.3 Å². The molecular weight excluding hydrogens is 376 g/mol. The highest BCUT2D eigenvalue weighted by Crippen LogP contribution is 2.26. The van der Waals surface area contributed by atoms with Crippen LogP contribution in [0.25, 0.3) is 21.9 Å². The lowest BCUT2D eigenvalue weighted by Crippen LogP contribution is -2.42. The molecule has 2 aromatic heterocycles. The fourth-order valence-electron chi connectivity index (χ4n) is 3.77. The molecule has 0 radical (unpaired) electrons. The number of hydrogen-bond acceptors (Lipinski definition) is 4. The lowest BCUT2D eigenvalue weighted by atomic mass is 9.95. The van der Waals surface area contributed by atoms with E-state index >= 15 is 0 Å². The van der Waals surface area contributed by atoms with Crippen molar-refractivity contribution in [1.82, 2.24) is 20.1 Å². The Kier molecular flexibility index (Phi) is 5.27. The molecule has 0 aliphatic carbocycles. The summed E-state index contributed by atoms with van der Waals surface area (Å²) in [4.78, 5) is 18.7. The SMILES string of the molecule is CC(F)(F)CN1CCC(C(=O)Nc2cc3cc(-c4cn[nH]c4)ccc3cn2)CC1. The molecule has 8 heteroatoms. The topological polar surface area (TPSA) is 73.9 Å². The van der Waals surface area contributed by atoms with E-state index in [2.05, 4.69) is 20.5 Å². The number of fused-ring (bicyclic) bond motifs is 1. The van der Waals surface area contributed by atoms with E-state index in [4.69, 9.17) is 0 Å². The molecule has 1 aliphatic rings. The summed E-state index contributed by atoms with van der Waals surface area (Å²) in [6.07, 6.45) is 6.45. The van der Waals surface area contributed by atoms with Crippen molar-refractivity contribution in [2.24, 2.45) is 5.92 Å². The summed E-state index contributed by atoms with van der Waals surface area (Å²) in [7, 11) is 0. The summed E-state index contributed by atoms with van der Waals surface area (Å²) in [5, 5.41) is 11.6. The lowest BCUT2D eigenvalue weighted by Gasteiger charge is -2.32. The van der Waals surface area contributed by atoms with E-state index in [1.165, 1.54) is 0 Å². The van der Waals surface area contributed by atoms with Crippen LogP contribution in [0.3, 0.4) is 0 Å². The standard InChI is InChI=1S/C21H23F2N5O/c1-21(22,23)13-28-6-4-14(5-7-28)20(29)27-19-9-17-8-15(18-11-25-26-12-18)2-3-16(17)10-24-19/h2-3,8-12,14H,4-7,13H2,1H3,(H,25,26)(H,24,27,29). The molecule has 1 fully saturated rings. The van der Waals surface area contributed by atoms with Gasteiger partial charge in [-0.3, -0.25) is 14.8 Å². The summed E-state index contributed by atoms with van der Waals surface area (Å²) in [6, 6.07) is 7.86. The van der Waals surface area contributed by atoms with Crippen LogP contribution in [-0.4, -0.2) is 51.5 Å². The van der Waals surface area contributed by atoms with Gasteiger partial charge in [-0.05, 0) is 49.0 Å². The number of aromatic nitrogens is 3. The van der Waals surface area contributed by atoms with Gasteiger partial charge >= 0.3 is 0 Å². The Morgan fingerprint density at radius 3 is 2.69 bits per heavy atom. The third-order valence-corrected chi connectivity index (χ3v) is 5.26. The van der Waals surface area contributed by atoms with Crippen molar-refractivity contribution in [3.63, 3.8) is 0 Å². The fraction of sp³-hybridized carbons (Fsp3) is 0.381. The average molecular weight is 399 g/mol. The number of H-pyrrole nitrogens is 1. The van der Waals surface area contributed by atoms with Crippen LogP contribution in [0, 0.1) is 5.92 Å². The highest BCUT2D eigenvalue weighted by Gasteiger charge is 2.30. The van der Waals surface area contributed by atoms with Gasteiger partial charge in [0.1, 0.15) is 5.82 Å². The van der Waals surface area contributed by atoms with Crippen molar-refractivity contribution in [3.05, 3.63) is 42.9 Å². The zero-order valence-corrected chi connectivity index (χ0v) is 16.2. The van der Waals surface area contributed by atoms with Gasteiger partial charge in [-0.2, -0.15) is 5.10 Å². The van der Waals surface area contributed by atoms with E-state index in [9.17, 15) is 13.6 Å². The molecule has 6 nitrogen and oxygen atoms in total. The third kappa shape index (κ3) is 4.76. The number of amides is 1. The van der Waals surface area contributed by atoms with Gasteiger partial charge in [-0.1, -0.05) is 12.1 Å². The van der Waals surface area contributed by atoms with Gasteiger partial charge in [0.25, 0.3) is 5.92 Å². The molecule has 0 bridgehead atoms. The Hall–Kier alpha value is -2.87. The second kappa shape index (κ2) is 7.87. The normalized spacial score (nSPS) is 16.2. The molecule has 1 aromatic carbocycles. The molecule has 0 atom stereocenters. The number of carbonyl (C=O) groups is 1. The summed E-state index contributed by atoms with van der Waals surface area (Å²) >= 11 is 0. The number of hydrogen-bond donors (Lipinski definition) is 2. The molecule has 2 N–H and O–H groups in total. The van der Waals surface area contributed by atoms with Crippen LogP contribution >= 0.6 is 0 Å². The monoisotopic (exact) mass is 399 g/mol. The molecule has 3 aromatic rings. The van der Waals surface area contributed by atoms with Crippen LogP contribution in [0.1, 0.15) is 19.8 Å². The minimum atomic E-state index is -2.71. The van der Waals surface area contributed by atoms with Crippen LogP contribution in [0.15, 0.2) is 42.9 Å². The summed E-state index contributed by atoms with van der Waals surface area (Å²) in [5.41, 5.74) is 2.01. The lowest BCUT2D eigenvalue weighted by molar-refractivity contribution is -0.121. The van der Waals surface area contributed by atoms with Gasteiger partial charge in [0.05, 0.1) is 12.7 Å². The van der Waals surface area contributed by atoms with E-state index in [-0.39, 0.29) is 18.4 Å². The van der Waals surface area contributed by atoms with Crippen molar-refractivity contribution in [3.8, 4) is 11.1 Å². The maximum atomic E-state index is 13.2. The Balaban J connectivity index is 1.42. The van der Waals surface area contributed by atoms with Gasteiger partial charge in [0.15, 0.2) is 0 Å². The average Bonchev–Trinajstić information content (AvgIpc) is 3.21. The molecule has 29 heavy (non-hydrogen) atoms. The number of nitrogens with zero attached hydrogens (tertiary/aromatic N) is 3. The number of likely N-dealkylation sites (tertiary alicyclic amines) is 1. The molecule has 4 rings (SSSR count). The maximum Gasteiger partial charge on any atom is 0.257 e. The number of aromatic amines is 1. The van der Waals surface area contributed by atoms with Crippen molar-refractivity contribution in [2.45, 2.75) is 25.7 Å². The number of alkyl halides is 2. The van der Waals surface area contributed by atoms with Crippen molar-refractivity contribution in [2.75, 3.05) is 25.0 Å². The van der Waals surface area contributed by atoms with Gasteiger partial charge in [-0.25, -0.2) is 13.8 Å². The van der Waals surface area contributed by atoms with Crippen molar-refractivity contribution in [1.29, 1.82) is 0 Å². The van der Waals surface area contributed by atoms with E-state index in [0.717, 1.165) is 28.8 Å².